The number of ether oxygens (including phenoxy) is 1. The van der Waals surface area contributed by atoms with Crippen molar-refractivity contribution in [2.24, 2.45) is 0 Å². The minimum atomic E-state index is -4.85. The highest BCUT2D eigenvalue weighted by Crippen LogP contribution is 2.44. The van der Waals surface area contributed by atoms with E-state index in [4.69, 9.17) is 14.9 Å². The molecule has 2 atom stereocenters. The summed E-state index contributed by atoms with van der Waals surface area (Å²) in [6, 6.07) is 13.7. The molecule has 1 aliphatic rings. The number of alkyl carbamates (subject to hydrolysis) is 1. The van der Waals surface area contributed by atoms with E-state index in [0.717, 1.165) is 22.3 Å². The molecule has 2 aromatic rings. The van der Waals surface area contributed by atoms with Gasteiger partial charge < -0.3 is 20.3 Å². The summed E-state index contributed by atoms with van der Waals surface area (Å²) in [6.45, 7) is -0.0582. The molecule has 0 bridgehead atoms. The van der Waals surface area contributed by atoms with Crippen molar-refractivity contribution in [1.29, 1.82) is 0 Å². The molecule has 0 aromatic heterocycles. The number of benzene rings is 2. The van der Waals surface area contributed by atoms with Crippen LogP contribution in [0.4, 0.5) is 18.0 Å². The number of halogens is 3. The van der Waals surface area contributed by atoms with Crippen molar-refractivity contribution in [3.63, 3.8) is 0 Å². The second kappa shape index (κ2) is 8.74. The Morgan fingerprint density at radius 3 is 2.03 bits per heavy atom. The SMILES string of the molecule is O=C(NC(CCC(O)C(F)(F)F)C(=O)O)OCC1c2ccccc2-c2ccccc21. The van der Waals surface area contributed by atoms with Gasteiger partial charge in [0.15, 0.2) is 0 Å². The maximum atomic E-state index is 12.4. The first-order chi connectivity index (χ1) is 14.2. The number of aliphatic carboxylic acids is 1. The Balaban J connectivity index is 1.62. The van der Waals surface area contributed by atoms with Gasteiger partial charge in [-0.25, -0.2) is 9.59 Å². The highest BCUT2D eigenvalue weighted by Gasteiger charge is 2.38. The van der Waals surface area contributed by atoms with Crippen LogP contribution in [-0.4, -0.2) is 47.2 Å². The van der Waals surface area contributed by atoms with E-state index in [1.54, 1.807) is 0 Å². The zero-order chi connectivity index (χ0) is 21.9. The molecule has 1 amide bonds. The smallest absolute Gasteiger partial charge is 0.414 e. The Hall–Kier alpha value is -3.07. The third-order valence-corrected chi connectivity index (χ3v) is 5.04. The van der Waals surface area contributed by atoms with Crippen LogP contribution in [-0.2, 0) is 9.53 Å². The number of carbonyl (C=O) groups excluding carboxylic acids is 1. The number of carbonyl (C=O) groups is 2. The Morgan fingerprint density at radius 2 is 1.53 bits per heavy atom. The molecule has 0 saturated carbocycles. The summed E-state index contributed by atoms with van der Waals surface area (Å²) in [6.07, 6.45) is -10.0. The molecule has 2 aromatic carbocycles. The van der Waals surface area contributed by atoms with E-state index in [-0.39, 0.29) is 12.5 Å². The van der Waals surface area contributed by atoms with Gasteiger partial charge in [0.25, 0.3) is 0 Å². The number of alkyl halides is 3. The third kappa shape index (κ3) is 4.73. The molecule has 30 heavy (non-hydrogen) atoms. The Morgan fingerprint density at radius 1 is 1.00 bits per heavy atom. The zero-order valence-electron chi connectivity index (χ0n) is 15.7. The van der Waals surface area contributed by atoms with E-state index >= 15 is 0 Å². The monoisotopic (exact) mass is 423 g/mol. The fourth-order valence-corrected chi connectivity index (χ4v) is 3.53. The highest BCUT2D eigenvalue weighted by atomic mass is 19.4. The van der Waals surface area contributed by atoms with Crippen molar-refractivity contribution in [2.45, 2.75) is 37.1 Å². The highest BCUT2D eigenvalue weighted by molar-refractivity contribution is 5.81. The fraction of sp³-hybridized carbons (Fsp3) is 0.333. The van der Waals surface area contributed by atoms with E-state index < -0.39 is 43.2 Å². The number of aliphatic hydroxyl groups excluding tert-OH is 1. The quantitative estimate of drug-likeness (QED) is 0.632. The Labute approximate surface area is 170 Å². The van der Waals surface area contributed by atoms with Crippen molar-refractivity contribution in [3.05, 3.63) is 59.7 Å². The van der Waals surface area contributed by atoms with Crippen LogP contribution in [0.15, 0.2) is 48.5 Å². The predicted molar refractivity (Wildman–Crippen MR) is 101 cm³/mol. The summed E-state index contributed by atoms with van der Waals surface area (Å²) >= 11 is 0. The van der Waals surface area contributed by atoms with Crippen LogP contribution in [0.1, 0.15) is 29.9 Å². The van der Waals surface area contributed by atoms with Gasteiger partial charge in [0.1, 0.15) is 18.8 Å². The van der Waals surface area contributed by atoms with Gasteiger partial charge in [-0.3, -0.25) is 0 Å². The molecule has 0 spiro atoms. The van der Waals surface area contributed by atoms with Gasteiger partial charge in [-0.05, 0) is 35.1 Å². The average molecular weight is 423 g/mol. The molecule has 3 N–H and O–H groups in total. The summed E-state index contributed by atoms with van der Waals surface area (Å²) in [5, 5.41) is 20.2. The lowest BCUT2D eigenvalue weighted by atomic mass is 9.98. The van der Waals surface area contributed by atoms with Crippen LogP contribution in [0.3, 0.4) is 0 Å². The maximum absolute atomic E-state index is 12.4. The maximum Gasteiger partial charge on any atom is 0.414 e. The third-order valence-electron chi connectivity index (χ3n) is 5.04. The van der Waals surface area contributed by atoms with Crippen LogP contribution in [0.25, 0.3) is 11.1 Å². The Bertz CT molecular complexity index is 885. The van der Waals surface area contributed by atoms with Gasteiger partial charge in [-0.1, -0.05) is 48.5 Å². The molecular formula is C21H20F3NO5. The molecule has 0 radical (unpaired) electrons. The van der Waals surface area contributed by atoms with Gasteiger partial charge in [0.2, 0.25) is 0 Å². The summed E-state index contributed by atoms with van der Waals surface area (Å²) in [5.74, 6) is -1.75. The number of carboxylic acid groups (broad SMARTS) is 1. The molecular weight excluding hydrogens is 403 g/mol. The van der Waals surface area contributed by atoms with Gasteiger partial charge in [0.05, 0.1) is 0 Å². The van der Waals surface area contributed by atoms with Crippen molar-refractivity contribution in [1.82, 2.24) is 5.32 Å². The van der Waals surface area contributed by atoms with Crippen LogP contribution >= 0.6 is 0 Å². The van der Waals surface area contributed by atoms with Crippen molar-refractivity contribution >= 4 is 12.1 Å². The van der Waals surface area contributed by atoms with Gasteiger partial charge >= 0.3 is 18.2 Å². The normalized spacial score (nSPS) is 15.1. The molecule has 160 valence electrons. The number of nitrogens with one attached hydrogen (secondary N) is 1. The standard InChI is InChI=1S/C21H20F3NO5/c22-21(23,24)18(26)10-9-17(19(27)28)25-20(29)30-11-16-14-7-3-1-5-12(14)13-6-2-4-8-15(13)16/h1-8,16-18,26H,9-11H2,(H,25,29)(H,27,28). The molecule has 0 aliphatic heterocycles. The molecule has 6 nitrogen and oxygen atoms in total. The summed E-state index contributed by atoms with van der Waals surface area (Å²) in [7, 11) is 0. The van der Waals surface area contributed by atoms with Crippen LogP contribution in [0.5, 0.6) is 0 Å². The van der Waals surface area contributed by atoms with Crippen molar-refractivity contribution in [3.8, 4) is 11.1 Å². The minimum Gasteiger partial charge on any atom is -0.480 e. The second-order valence-electron chi connectivity index (χ2n) is 7.00. The Kier molecular flexibility index (Phi) is 6.31. The lowest BCUT2D eigenvalue weighted by molar-refractivity contribution is -0.206. The number of amides is 1. The van der Waals surface area contributed by atoms with Crippen molar-refractivity contribution in [2.75, 3.05) is 6.61 Å². The molecule has 0 heterocycles. The molecule has 3 rings (SSSR count). The van der Waals surface area contributed by atoms with E-state index in [1.807, 2.05) is 48.5 Å². The number of rotatable bonds is 7. The number of fused-ring (bicyclic) bond motifs is 3. The minimum absolute atomic E-state index is 0.0582. The first-order valence-electron chi connectivity index (χ1n) is 9.27. The summed E-state index contributed by atoms with van der Waals surface area (Å²) in [5.41, 5.74) is 3.97. The molecule has 0 fully saturated rings. The van der Waals surface area contributed by atoms with Crippen LogP contribution < -0.4 is 5.32 Å². The van der Waals surface area contributed by atoms with Crippen LogP contribution in [0.2, 0.25) is 0 Å². The number of hydrogen-bond acceptors (Lipinski definition) is 4. The fourth-order valence-electron chi connectivity index (χ4n) is 3.53. The van der Waals surface area contributed by atoms with Gasteiger partial charge in [-0.2, -0.15) is 13.2 Å². The predicted octanol–water partition coefficient (Wildman–Crippen LogP) is 3.68. The van der Waals surface area contributed by atoms with Crippen LogP contribution in [0, 0.1) is 0 Å². The number of aliphatic hydroxyl groups is 1. The molecule has 1 aliphatic carbocycles. The number of carboxylic acids is 1. The lowest BCUT2D eigenvalue weighted by Crippen LogP contribution is -2.42. The number of hydrogen-bond donors (Lipinski definition) is 3. The first kappa shape index (κ1) is 21.6. The molecule has 0 saturated heterocycles. The van der Waals surface area contributed by atoms with E-state index in [2.05, 4.69) is 5.32 Å². The van der Waals surface area contributed by atoms with Gasteiger partial charge in [0, 0.05) is 5.92 Å². The average Bonchev–Trinajstić information content (AvgIpc) is 3.02. The molecule has 2 unspecified atom stereocenters. The van der Waals surface area contributed by atoms with Gasteiger partial charge in [-0.15, -0.1) is 0 Å². The second-order valence-corrected chi connectivity index (χ2v) is 7.00. The molecule has 9 heteroatoms. The summed E-state index contributed by atoms with van der Waals surface area (Å²) < 4.78 is 42.4. The van der Waals surface area contributed by atoms with E-state index in [1.165, 1.54) is 0 Å². The van der Waals surface area contributed by atoms with Crippen molar-refractivity contribution < 1.29 is 37.7 Å². The van der Waals surface area contributed by atoms with E-state index in [9.17, 15) is 22.8 Å². The largest absolute Gasteiger partial charge is 0.480 e. The lowest BCUT2D eigenvalue weighted by Gasteiger charge is -2.19. The first-order valence-corrected chi connectivity index (χ1v) is 9.27. The summed E-state index contributed by atoms with van der Waals surface area (Å²) in [4.78, 5) is 23.4. The van der Waals surface area contributed by atoms with E-state index in [0.29, 0.717) is 0 Å². The zero-order valence-corrected chi connectivity index (χ0v) is 15.7. The topological polar surface area (TPSA) is 95.9 Å².